The molecule has 0 aliphatic heterocycles. The van der Waals surface area contributed by atoms with E-state index in [2.05, 4.69) is 17.6 Å². The molecule has 8 nitrogen and oxygen atoms in total. The number of hydrogen-bond donors (Lipinski definition) is 4. The van der Waals surface area contributed by atoms with Gasteiger partial charge in [-0.25, -0.2) is 4.79 Å². The van der Waals surface area contributed by atoms with E-state index in [1.54, 1.807) is 54.6 Å². The molecule has 8 heteroatoms. The van der Waals surface area contributed by atoms with E-state index >= 15 is 0 Å². The predicted molar refractivity (Wildman–Crippen MR) is 166 cm³/mol. The molecule has 0 aliphatic carbocycles. The molecule has 0 fully saturated rings. The third kappa shape index (κ3) is 11.0. The molecule has 3 aromatic carbocycles. The maximum atomic E-state index is 12.9. The van der Waals surface area contributed by atoms with Crippen LogP contribution in [0.15, 0.2) is 66.7 Å². The lowest BCUT2D eigenvalue weighted by molar-refractivity contribution is 0.0497. The van der Waals surface area contributed by atoms with E-state index in [1.165, 1.54) is 57.1 Å². The Balaban J connectivity index is 1.60. The first kappa shape index (κ1) is 31.2. The first-order valence-electron chi connectivity index (χ1n) is 14.5. The van der Waals surface area contributed by atoms with Crippen molar-refractivity contribution >= 4 is 40.5 Å². The van der Waals surface area contributed by atoms with Gasteiger partial charge in [0, 0.05) is 33.9 Å². The molecular weight excluding hydrogens is 516 g/mol. The molecule has 0 spiro atoms. The number of ether oxygens (including phenoxy) is 1. The monoisotopic (exact) mass is 558 g/mol. The third-order valence-corrected chi connectivity index (χ3v) is 6.76. The molecular formula is C33H42N4O4. The molecule has 0 saturated carbocycles. The molecule has 0 unspecified atom stereocenters. The summed E-state index contributed by atoms with van der Waals surface area (Å²) in [4.78, 5) is 38.5. The fourth-order valence-electron chi connectivity index (χ4n) is 4.40. The maximum absolute atomic E-state index is 12.9. The third-order valence-electron chi connectivity index (χ3n) is 6.76. The fraction of sp³-hybridized carbons (Fsp3) is 0.364. The van der Waals surface area contributed by atoms with Crippen LogP contribution in [0.3, 0.4) is 0 Å². The van der Waals surface area contributed by atoms with Gasteiger partial charge < -0.3 is 26.8 Å². The smallest absolute Gasteiger partial charge is 0.338 e. The van der Waals surface area contributed by atoms with Crippen molar-refractivity contribution in [2.75, 3.05) is 28.7 Å². The molecule has 0 aromatic heterocycles. The zero-order valence-corrected chi connectivity index (χ0v) is 23.9. The predicted octanol–water partition coefficient (Wildman–Crippen LogP) is 7.43. The normalized spacial score (nSPS) is 10.7. The summed E-state index contributed by atoms with van der Waals surface area (Å²) in [6.45, 7) is 2.54. The highest BCUT2D eigenvalue weighted by Crippen LogP contribution is 2.22. The standard InChI is InChI=1S/C33H42N4O4/c1-2-3-4-5-6-7-8-9-10-11-20-41-33(40)26-21-29(36-31(38)24-12-16-27(34)17-13-24)23-30(22-26)37-32(39)25-14-18-28(35)19-15-25/h12-19,21-23H,2-11,20,34-35H2,1H3,(H,36,38)(H,37,39). The highest BCUT2D eigenvalue weighted by atomic mass is 16.5. The van der Waals surface area contributed by atoms with E-state index in [-0.39, 0.29) is 17.4 Å². The number of carbonyl (C=O) groups is 3. The van der Waals surface area contributed by atoms with Crippen molar-refractivity contribution in [2.45, 2.75) is 71.1 Å². The lowest BCUT2D eigenvalue weighted by Gasteiger charge is -2.13. The van der Waals surface area contributed by atoms with Gasteiger partial charge in [-0.15, -0.1) is 0 Å². The zero-order chi connectivity index (χ0) is 29.5. The van der Waals surface area contributed by atoms with Crippen LogP contribution in [0.5, 0.6) is 0 Å². The molecule has 0 bridgehead atoms. The van der Waals surface area contributed by atoms with E-state index < -0.39 is 5.97 Å². The Bertz CT molecular complexity index is 1200. The number of rotatable bonds is 16. The molecule has 0 radical (unpaired) electrons. The Morgan fingerprint density at radius 3 is 1.44 bits per heavy atom. The van der Waals surface area contributed by atoms with Crippen molar-refractivity contribution in [3.8, 4) is 0 Å². The summed E-state index contributed by atoms with van der Waals surface area (Å²) in [6.07, 6.45) is 11.9. The summed E-state index contributed by atoms with van der Waals surface area (Å²) in [5.74, 6) is -1.28. The summed E-state index contributed by atoms with van der Waals surface area (Å²) in [6, 6.07) is 17.6. The summed E-state index contributed by atoms with van der Waals surface area (Å²) in [7, 11) is 0. The van der Waals surface area contributed by atoms with Crippen molar-refractivity contribution in [1.29, 1.82) is 0 Å². The Morgan fingerprint density at radius 2 is 1.00 bits per heavy atom. The average Bonchev–Trinajstić information content (AvgIpc) is 2.96. The van der Waals surface area contributed by atoms with E-state index in [0.717, 1.165) is 19.3 Å². The molecule has 0 aliphatic rings. The number of carbonyl (C=O) groups excluding carboxylic acids is 3. The van der Waals surface area contributed by atoms with Gasteiger partial charge >= 0.3 is 5.97 Å². The van der Waals surface area contributed by atoms with Gasteiger partial charge in [-0.05, 0) is 73.2 Å². The van der Waals surface area contributed by atoms with Crippen molar-refractivity contribution in [1.82, 2.24) is 0 Å². The Kier molecular flexibility index (Phi) is 12.7. The number of nitrogens with two attached hydrogens (primary N) is 2. The van der Waals surface area contributed by atoms with Crippen LogP contribution in [0, 0.1) is 0 Å². The van der Waals surface area contributed by atoms with Gasteiger partial charge in [0.05, 0.1) is 12.2 Å². The Morgan fingerprint density at radius 1 is 0.585 bits per heavy atom. The van der Waals surface area contributed by atoms with Crippen LogP contribution in [0.2, 0.25) is 0 Å². The lowest BCUT2D eigenvalue weighted by atomic mass is 10.1. The van der Waals surface area contributed by atoms with Crippen molar-refractivity contribution in [3.63, 3.8) is 0 Å². The van der Waals surface area contributed by atoms with E-state index in [1.807, 2.05) is 0 Å². The van der Waals surface area contributed by atoms with E-state index in [4.69, 9.17) is 16.2 Å². The van der Waals surface area contributed by atoms with E-state index in [9.17, 15) is 14.4 Å². The summed E-state index contributed by atoms with van der Waals surface area (Å²) < 4.78 is 5.52. The minimum absolute atomic E-state index is 0.222. The molecule has 218 valence electrons. The minimum atomic E-state index is -0.521. The lowest BCUT2D eigenvalue weighted by Crippen LogP contribution is -2.16. The number of nitrogen functional groups attached to an aromatic ring is 2. The second kappa shape index (κ2) is 16.7. The van der Waals surface area contributed by atoms with Gasteiger partial charge in [0.15, 0.2) is 0 Å². The van der Waals surface area contributed by atoms with Crippen molar-refractivity contribution < 1.29 is 19.1 Å². The maximum Gasteiger partial charge on any atom is 0.338 e. The SMILES string of the molecule is CCCCCCCCCCCCOC(=O)c1cc(NC(=O)c2ccc(N)cc2)cc(NC(=O)c2ccc(N)cc2)c1. The van der Waals surface area contributed by atoms with Crippen LogP contribution in [-0.2, 0) is 4.74 Å². The molecule has 2 amide bonds. The molecule has 41 heavy (non-hydrogen) atoms. The molecule has 6 N–H and O–H groups in total. The molecule has 3 rings (SSSR count). The van der Waals surface area contributed by atoms with Crippen LogP contribution in [-0.4, -0.2) is 24.4 Å². The van der Waals surface area contributed by atoms with Gasteiger partial charge in [0.25, 0.3) is 11.8 Å². The highest BCUT2D eigenvalue weighted by molar-refractivity contribution is 6.07. The van der Waals surface area contributed by atoms with Gasteiger partial charge in [-0.1, -0.05) is 64.7 Å². The van der Waals surface area contributed by atoms with Gasteiger partial charge in [-0.2, -0.15) is 0 Å². The second-order valence-corrected chi connectivity index (χ2v) is 10.3. The van der Waals surface area contributed by atoms with Crippen LogP contribution >= 0.6 is 0 Å². The minimum Gasteiger partial charge on any atom is -0.462 e. The number of benzene rings is 3. The summed E-state index contributed by atoms with van der Waals surface area (Å²) in [5, 5.41) is 5.58. The number of esters is 1. The molecule has 3 aromatic rings. The van der Waals surface area contributed by atoms with Crippen LogP contribution in [0.4, 0.5) is 22.7 Å². The topological polar surface area (TPSA) is 137 Å². The molecule has 0 atom stereocenters. The quantitative estimate of drug-likeness (QED) is 0.0819. The van der Waals surface area contributed by atoms with Gasteiger partial charge in [0.2, 0.25) is 0 Å². The van der Waals surface area contributed by atoms with Crippen LogP contribution < -0.4 is 22.1 Å². The van der Waals surface area contributed by atoms with Gasteiger partial charge in [0.1, 0.15) is 0 Å². The first-order valence-corrected chi connectivity index (χ1v) is 14.5. The molecule has 0 heterocycles. The number of nitrogens with one attached hydrogen (secondary N) is 2. The Hall–Kier alpha value is -4.33. The zero-order valence-electron chi connectivity index (χ0n) is 23.9. The average molecular weight is 559 g/mol. The number of unbranched alkanes of at least 4 members (excludes halogenated alkanes) is 9. The summed E-state index contributed by atoms with van der Waals surface area (Å²) >= 11 is 0. The van der Waals surface area contributed by atoms with Crippen LogP contribution in [0.1, 0.15) is 102 Å². The van der Waals surface area contributed by atoms with Crippen molar-refractivity contribution in [3.05, 3.63) is 83.4 Å². The van der Waals surface area contributed by atoms with Crippen molar-refractivity contribution in [2.24, 2.45) is 0 Å². The fourth-order valence-corrected chi connectivity index (χ4v) is 4.40. The number of anilines is 4. The second-order valence-electron chi connectivity index (χ2n) is 10.3. The highest BCUT2D eigenvalue weighted by Gasteiger charge is 2.15. The summed E-state index contributed by atoms with van der Waals surface area (Å²) in [5.41, 5.74) is 14.2. The van der Waals surface area contributed by atoms with Crippen LogP contribution in [0.25, 0.3) is 0 Å². The Labute approximate surface area is 242 Å². The molecule has 0 saturated heterocycles. The van der Waals surface area contributed by atoms with E-state index in [0.29, 0.717) is 40.5 Å². The first-order chi connectivity index (χ1) is 19.9. The number of hydrogen-bond acceptors (Lipinski definition) is 6. The largest absolute Gasteiger partial charge is 0.462 e. The van der Waals surface area contributed by atoms with Gasteiger partial charge in [-0.3, -0.25) is 9.59 Å². The number of amides is 2.